The zero-order valence-corrected chi connectivity index (χ0v) is 12.4. The minimum Gasteiger partial charge on any atom is -0.539 e. The van der Waals surface area contributed by atoms with Gasteiger partial charge in [0.05, 0.1) is 19.8 Å². The number of carboxylic acid groups (broad SMARTS) is 2. The first-order valence-electron chi connectivity index (χ1n) is 6.63. The van der Waals surface area contributed by atoms with Crippen LogP contribution in [0.2, 0.25) is 0 Å². The van der Waals surface area contributed by atoms with Crippen LogP contribution in [-0.2, 0) is 14.3 Å². The third-order valence-corrected chi connectivity index (χ3v) is 3.86. The largest absolute Gasteiger partial charge is 0.539 e. The van der Waals surface area contributed by atoms with Crippen molar-refractivity contribution in [1.82, 2.24) is 0 Å². The highest BCUT2D eigenvalue weighted by atomic mass is 32.2. The number of carbonyl (C=O) groups is 2. The van der Waals surface area contributed by atoms with Gasteiger partial charge in [-0.05, 0) is 12.1 Å². The van der Waals surface area contributed by atoms with E-state index in [1.54, 1.807) is 4.90 Å². The molecular weight excluding hydrogens is 294 g/mol. The van der Waals surface area contributed by atoms with E-state index in [4.69, 9.17) is 24.5 Å². The molecule has 2 N–H and O–H groups in total. The summed E-state index contributed by atoms with van der Waals surface area (Å²) < 4.78 is 5.34. The number of benzene rings is 1. The minimum absolute atomic E-state index is 0.936. The fourth-order valence-corrected chi connectivity index (χ4v) is 2.72. The third kappa shape index (κ3) is 8.34. The number of carbonyl (C=O) groups excluding carboxylic acids is 1. The van der Waals surface area contributed by atoms with Gasteiger partial charge in [0.2, 0.25) is 0 Å². The summed E-state index contributed by atoms with van der Waals surface area (Å²) in [4.78, 5) is 21.1. The molecule has 0 atom stereocenters. The number of thioether (sulfide) groups is 1. The Morgan fingerprint density at radius 3 is 2.33 bits per heavy atom. The number of quaternary nitrogens is 1. The second-order valence-corrected chi connectivity index (χ2v) is 5.53. The van der Waals surface area contributed by atoms with Gasteiger partial charge in [0.15, 0.2) is 5.97 Å². The maximum atomic E-state index is 9.04. The Labute approximate surface area is 127 Å². The molecule has 7 heteroatoms. The predicted octanol–water partition coefficient (Wildman–Crippen LogP) is -1.49. The molecule has 1 aliphatic heterocycles. The van der Waals surface area contributed by atoms with Crippen molar-refractivity contribution < 1.29 is 29.4 Å². The molecule has 0 amide bonds. The average molecular weight is 313 g/mol. The summed E-state index contributed by atoms with van der Waals surface area (Å²) in [6.45, 7) is 5.48. The van der Waals surface area contributed by atoms with Crippen LogP contribution in [0.15, 0.2) is 35.2 Å². The van der Waals surface area contributed by atoms with E-state index in [1.165, 1.54) is 30.3 Å². The molecule has 1 aliphatic rings. The summed E-state index contributed by atoms with van der Waals surface area (Å²) in [7, 11) is 0. The first-order valence-corrected chi connectivity index (χ1v) is 7.61. The zero-order chi connectivity index (χ0) is 15.5. The highest BCUT2D eigenvalue weighted by molar-refractivity contribution is 7.99. The van der Waals surface area contributed by atoms with Crippen LogP contribution in [0.25, 0.3) is 0 Å². The highest BCUT2D eigenvalue weighted by Gasteiger charge is 2.12. The summed E-state index contributed by atoms with van der Waals surface area (Å²) in [5, 5.41) is 16.3. The molecule has 0 bridgehead atoms. The van der Waals surface area contributed by atoms with E-state index in [0.717, 1.165) is 13.2 Å². The molecule has 1 saturated heterocycles. The molecule has 0 saturated carbocycles. The van der Waals surface area contributed by atoms with Gasteiger partial charge < -0.3 is 24.6 Å². The number of carboxylic acids is 2. The summed E-state index contributed by atoms with van der Waals surface area (Å²) in [5.74, 6) is -2.80. The second kappa shape index (κ2) is 10.2. The standard InChI is InChI=1S/C12H17NOS.C2H2O4/c1-2-4-12(5-3-1)15-11-8-13-6-9-14-10-7-13;3-1(4)2(5)6/h1-5H,6-11H2;(H,3,4)(H,5,6). The Morgan fingerprint density at radius 1 is 1.24 bits per heavy atom. The Kier molecular flexibility index (Phi) is 8.49. The van der Waals surface area contributed by atoms with Crippen LogP contribution in [0.5, 0.6) is 0 Å². The van der Waals surface area contributed by atoms with E-state index in [-0.39, 0.29) is 0 Å². The van der Waals surface area contributed by atoms with Gasteiger partial charge in [0.1, 0.15) is 13.1 Å². The van der Waals surface area contributed by atoms with Crippen LogP contribution in [0.1, 0.15) is 0 Å². The van der Waals surface area contributed by atoms with E-state index in [0.29, 0.717) is 0 Å². The lowest BCUT2D eigenvalue weighted by Gasteiger charge is -2.23. The number of hydrogen-bond acceptors (Lipinski definition) is 5. The number of morpholine rings is 1. The lowest BCUT2D eigenvalue weighted by Crippen LogP contribution is -3.14. The molecule has 1 aromatic carbocycles. The van der Waals surface area contributed by atoms with Crippen LogP contribution in [0.3, 0.4) is 0 Å². The fourth-order valence-electron chi connectivity index (χ4n) is 1.74. The van der Waals surface area contributed by atoms with Crippen LogP contribution < -0.4 is 10.0 Å². The number of nitrogens with one attached hydrogen (secondary N) is 1. The van der Waals surface area contributed by atoms with Gasteiger partial charge in [-0.15, -0.1) is 11.8 Å². The molecular formula is C14H19NO5S. The monoisotopic (exact) mass is 313 g/mol. The molecule has 0 spiro atoms. The fraction of sp³-hybridized carbons (Fsp3) is 0.429. The SMILES string of the molecule is O=C([O-])C(=O)O.c1ccc(SCC[NH+]2CCOCC2)cc1. The molecule has 0 aliphatic carbocycles. The van der Waals surface area contributed by atoms with Crippen molar-refractivity contribution in [3.8, 4) is 0 Å². The van der Waals surface area contributed by atoms with Gasteiger partial charge in [-0.1, -0.05) is 18.2 Å². The molecule has 1 heterocycles. The summed E-state index contributed by atoms with van der Waals surface area (Å²) in [5.41, 5.74) is 0. The van der Waals surface area contributed by atoms with Crippen molar-refractivity contribution in [1.29, 1.82) is 0 Å². The van der Waals surface area contributed by atoms with Crippen LogP contribution in [-0.4, -0.2) is 55.6 Å². The zero-order valence-electron chi connectivity index (χ0n) is 11.6. The van der Waals surface area contributed by atoms with E-state index in [1.807, 2.05) is 11.8 Å². The highest BCUT2D eigenvalue weighted by Crippen LogP contribution is 2.15. The summed E-state index contributed by atoms with van der Waals surface area (Å²) in [6, 6.07) is 10.6. The number of hydrogen-bond donors (Lipinski definition) is 2. The lowest BCUT2D eigenvalue weighted by atomic mass is 10.4. The van der Waals surface area contributed by atoms with Gasteiger partial charge >= 0.3 is 5.97 Å². The van der Waals surface area contributed by atoms with E-state index >= 15 is 0 Å². The number of rotatable bonds is 4. The van der Waals surface area contributed by atoms with Crippen molar-refractivity contribution >= 4 is 23.7 Å². The van der Waals surface area contributed by atoms with Crippen molar-refractivity contribution in [2.45, 2.75) is 4.90 Å². The summed E-state index contributed by atoms with van der Waals surface area (Å²) in [6.07, 6.45) is 0. The van der Waals surface area contributed by atoms with Crippen LogP contribution >= 0.6 is 11.8 Å². The normalized spacial score (nSPS) is 14.9. The summed E-state index contributed by atoms with van der Waals surface area (Å²) >= 11 is 1.95. The maximum Gasteiger partial charge on any atom is 0.351 e. The van der Waals surface area contributed by atoms with E-state index in [2.05, 4.69) is 30.3 Å². The van der Waals surface area contributed by atoms with Crippen molar-refractivity contribution in [3.05, 3.63) is 30.3 Å². The van der Waals surface area contributed by atoms with E-state index in [9.17, 15) is 0 Å². The van der Waals surface area contributed by atoms with Gasteiger partial charge in [-0.3, -0.25) is 0 Å². The van der Waals surface area contributed by atoms with Crippen molar-refractivity contribution in [2.75, 3.05) is 38.6 Å². The molecule has 116 valence electrons. The van der Waals surface area contributed by atoms with Gasteiger partial charge in [0.25, 0.3) is 0 Å². The number of ether oxygens (including phenoxy) is 1. The van der Waals surface area contributed by atoms with E-state index < -0.39 is 11.9 Å². The molecule has 1 aromatic rings. The minimum atomic E-state index is -2.07. The van der Waals surface area contributed by atoms with Gasteiger partial charge in [-0.25, -0.2) is 4.79 Å². The Balaban J connectivity index is 0.000000315. The molecule has 6 nitrogen and oxygen atoms in total. The third-order valence-electron chi connectivity index (χ3n) is 2.84. The smallest absolute Gasteiger partial charge is 0.351 e. The Hall–Kier alpha value is -1.57. The van der Waals surface area contributed by atoms with Crippen LogP contribution in [0, 0.1) is 0 Å². The van der Waals surface area contributed by atoms with Crippen LogP contribution in [0.4, 0.5) is 0 Å². The van der Waals surface area contributed by atoms with Crippen molar-refractivity contribution in [3.63, 3.8) is 0 Å². The Morgan fingerprint density at radius 2 is 1.81 bits per heavy atom. The molecule has 21 heavy (non-hydrogen) atoms. The Bertz CT molecular complexity index is 422. The van der Waals surface area contributed by atoms with Crippen molar-refractivity contribution in [2.24, 2.45) is 0 Å². The quantitative estimate of drug-likeness (QED) is 0.520. The molecule has 0 aromatic heterocycles. The molecule has 0 unspecified atom stereocenters. The first kappa shape index (κ1) is 17.5. The topological polar surface area (TPSA) is 91.1 Å². The molecule has 0 radical (unpaired) electrons. The molecule has 1 fully saturated rings. The molecule has 2 rings (SSSR count). The van der Waals surface area contributed by atoms with Gasteiger partial charge in [0, 0.05) is 10.6 Å². The second-order valence-electron chi connectivity index (χ2n) is 4.37. The first-order chi connectivity index (χ1) is 10.1. The maximum absolute atomic E-state index is 9.04. The average Bonchev–Trinajstić information content (AvgIpc) is 2.50. The lowest BCUT2D eigenvalue weighted by molar-refractivity contribution is -0.905. The predicted molar refractivity (Wildman–Crippen MR) is 76.2 cm³/mol. The van der Waals surface area contributed by atoms with Gasteiger partial charge in [-0.2, -0.15) is 0 Å². The number of aliphatic carboxylic acids is 2.